The number of amides is 2. The van der Waals surface area contributed by atoms with Crippen molar-refractivity contribution in [3.63, 3.8) is 0 Å². The number of carbonyl (C=O) groups is 2. The molecule has 0 saturated carbocycles. The van der Waals surface area contributed by atoms with Crippen LogP contribution in [0.25, 0.3) is 0 Å². The van der Waals surface area contributed by atoms with Crippen LogP contribution in [-0.2, 0) is 9.53 Å². The number of nitrogens with zero attached hydrogens (tertiary/aromatic N) is 1. The SMILES string of the molecule is C[C@H](CNC(=O)c1ccccc1OCC(N)=O)N1CCOCC1. The molecule has 1 fully saturated rings. The Morgan fingerprint density at radius 3 is 2.74 bits per heavy atom. The molecule has 2 amide bonds. The van der Waals surface area contributed by atoms with Gasteiger partial charge in [-0.3, -0.25) is 14.5 Å². The number of hydrogen-bond acceptors (Lipinski definition) is 5. The van der Waals surface area contributed by atoms with Gasteiger partial charge in [-0.05, 0) is 19.1 Å². The van der Waals surface area contributed by atoms with Gasteiger partial charge in [0, 0.05) is 25.7 Å². The van der Waals surface area contributed by atoms with Crippen molar-refractivity contribution in [3.8, 4) is 5.75 Å². The van der Waals surface area contributed by atoms with E-state index in [-0.39, 0.29) is 18.6 Å². The third-order valence-electron chi connectivity index (χ3n) is 3.73. The smallest absolute Gasteiger partial charge is 0.255 e. The predicted octanol–water partition coefficient (Wildman–Crippen LogP) is 0.00120. The van der Waals surface area contributed by atoms with Gasteiger partial charge in [-0.1, -0.05) is 12.1 Å². The van der Waals surface area contributed by atoms with Gasteiger partial charge in [-0.25, -0.2) is 0 Å². The van der Waals surface area contributed by atoms with E-state index >= 15 is 0 Å². The zero-order chi connectivity index (χ0) is 16.7. The Bertz CT molecular complexity index is 544. The number of carbonyl (C=O) groups excluding carboxylic acids is 2. The van der Waals surface area contributed by atoms with E-state index < -0.39 is 5.91 Å². The van der Waals surface area contributed by atoms with Gasteiger partial charge in [-0.15, -0.1) is 0 Å². The van der Waals surface area contributed by atoms with Crippen LogP contribution < -0.4 is 15.8 Å². The van der Waals surface area contributed by atoms with Crippen molar-refractivity contribution < 1.29 is 19.1 Å². The molecule has 0 radical (unpaired) electrons. The standard InChI is InChI=1S/C16H23N3O4/c1-12(19-6-8-22-9-7-19)10-18-16(21)13-4-2-3-5-14(13)23-11-15(17)20/h2-5,12H,6-11H2,1H3,(H2,17,20)(H,18,21)/t12-/m1/s1. The van der Waals surface area contributed by atoms with E-state index in [1.54, 1.807) is 24.3 Å². The van der Waals surface area contributed by atoms with E-state index in [4.69, 9.17) is 15.2 Å². The number of ether oxygens (including phenoxy) is 2. The minimum atomic E-state index is -0.582. The number of hydrogen-bond donors (Lipinski definition) is 2. The number of nitrogens with two attached hydrogens (primary N) is 1. The van der Waals surface area contributed by atoms with E-state index in [0.29, 0.717) is 17.9 Å². The third-order valence-corrected chi connectivity index (χ3v) is 3.73. The molecule has 1 aromatic carbocycles. The number of nitrogens with one attached hydrogen (secondary N) is 1. The molecule has 7 heteroatoms. The van der Waals surface area contributed by atoms with Gasteiger partial charge in [-0.2, -0.15) is 0 Å². The highest BCUT2D eigenvalue weighted by molar-refractivity contribution is 5.97. The third kappa shape index (κ3) is 5.22. The van der Waals surface area contributed by atoms with Gasteiger partial charge < -0.3 is 20.5 Å². The highest BCUT2D eigenvalue weighted by atomic mass is 16.5. The van der Waals surface area contributed by atoms with E-state index in [0.717, 1.165) is 26.3 Å². The van der Waals surface area contributed by atoms with Crippen LogP contribution >= 0.6 is 0 Å². The van der Waals surface area contributed by atoms with Crippen LogP contribution in [0.15, 0.2) is 24.3 Å². The summed E-state index contributed by atoms with van der Waals surface area (Å²) in [6.45, 7) is 5.54. The predicted molar refractivity (Wildman–Crippen MR) is 85.3 cm³/mol. The van der Waals surface area contributed by atoms with Crippen LogP contribution in [0.4, 0.5) is 0 Å². The highest BCUT2D eigenvalue weighted by Gasteiger charge is 2.19. The van der Waals surface area contributed by atoms with Crippen molar-refractivity contribution in [1.29, 1.82) is 0 Å². The van der Waals surface area contributed by atoms with Gasteiger partial charge >= 0.3 is 0 Å². The quantitative estimate of drug-likeness (QED) is 0.737. The maximum atomic E-state index is 12.3. The average Bonchev–Trinajstić information content (AvgIpc) is 2.58. The normalized spacial score (nSPS) is 16.6. The number of primary amides is 1. The maximum absolute atomic E-state index is 12.3. The molecule has 0 unspecified atom stereocenters. The minimum Gasteiger partial charge on any atom is -0.483 e. The molecule has 7 nitrogen and oxygen atoms in total. The second-order valence-electron chi connectivity index (χ2n) is 5.46. The van der Waals surface area contributed by atoms with Crippen LogP contribution in [0.5, 0.6) is 5.75 Å². The zero-order valence-corrected chi connectivity index (χ0v) is 13.3. The van der Waals surface area contributed by atoms with Crippen molar-refractivity contribution in [3.05, 3.63) is 29.8 Å². The first-order chi connectivity index (χ1) is 11.1. The van der Waals surface area contributed by atoms with Crippen molar-refractivity contribution in [2.45, 2.75) is 13.0 Å². The number of morpholine rings is 1. The summed E-state index contributed by atoms with van der Waals surface area (Å²) in [5, 5.41) is 2.91. The molecule has 1 aliphatic heterocycles. The maximum Gasteiger partial charge on any atom is 0.255 e. The number of para-hydroxylation sites is 1. The topological polar surface area (TPSA) is 93.9 Å². The molecular formula is C16H23N3O4. The van der Waals surface area contributed by atoms with Crippen molar-refractivity contribution in [1.82, 2.24) is 10.2 Å². The Hall–Kier alpha value is -2.12. The summed E-state index contributed by atoms with van der Waals surface area (Å²) in [4.78, 5) is 25.4. The molecule has 1 atom stereocenters. The lowest BCUT2D eigenvalue weighted by atomic mass is 10.1. The average molecular weight is 321 g/mol. The summed E-state index contributed by atoms with van der Waals surface area (Å²) in [5.41, 5.74) is 5.46. The lowest BCUT2D eigenvalue weighted by molar-refractivity contribution is -0.119. The first-order valence-corrected chi connectivity index (χ1v) is 7.68. The Kier molecular flexibility index (Phi) is 6.37. The van der Waals surface area contributed by atoms with Gasteiger partial charge in [0.25, 0.3) is 11.8 Å². The van der Waals surface area contributed by atoms with Gasteiger partial charge in [0.1, 0.15) is 5.75 Å². The van der Waals surface area contributed by atoms with E-state index in [2.05, 4.69) is 17.1 Å². The van der Waals surface area contributed by atoms with Crippen LogP contribution in [0.3, 0.4) is 0 Å². The van der Waals surface area contributed by atoms with Gasteiger partial charge in [0.05, 0.1) is 18.8 Å². The Morgan fingerprint density at radius 2 is 2.04 bits per heavy atom. The number of rotatable bonds is 7. The van der Waals surface area contributed by atoms with Gasteiger partial charge in [0.15, 0.2) is 6.61 Å². The van der Waals surface area contributed by atoms with Crippen LogP contribution in [-0.4, -0.2) is 62.2 Å². The fraction of sp³-hybridized carbons (Fsp3) is 0.500. The van der Waals surface area contributed by atoms with Crippen molar-refractivity contribution in [2.75, 3.05) is 39.5 Å². The molecule has 0 aromatic heterocycles. The Labute approximate surface area is 135 Å². The van der Waals surface area contributed by atoms with E-state index in [1.807, 2.05) is 0 Å². The molecule has 0 bridgehead atoms. The molecule has 1 heterocycles. The lowest BCUT2D eigenvalue weighted by Crippen LogP contribution is -2.47. The van der Waals surface area contributed by atoms with E-state index in [1.165, 1.54) is 0 Å². The molecule has 1 aromatic rings. The summed E-state index contributed by atoms with van der Waals surface area (Å²) < 4.78 is 10.6. The van der Waals surface area contributed by atoms with Crippen LogP contribution in [0.1, 0.15) is 17.3 Å². The molecule has 126 valence electrons. The summed E-state index contributed by atoms with van der Waals surface area (Å²) in [5.74, 6) is -0.464. The largest absolute Gasteiger partial charge is 0.483 e. The minimum absolute atomic E-state index is 0.224. The Balaban J connectivity index is 1.91. The fourth-order valence-electron chi connectivity index (χ4n) is 2.41. The molecule has 0 aliphatic carbocycles. The second-order valence-corrected chi connectivity index (χ2v) is 5.46. The van der Waals surface area contributed by atoms with Gasteiger partial charge in [0.2, 0.25) is 0 Å². The first kappa shape index (κ1) is 17.2. The van der Waals surface area contributed by atoms with Crippen LogP contribution in [0, 0.1) is 0 Å². The summed E-state index contributed by atoms with van der Waals surface area (Å²) in [6.07, 6.45) is 0. The van der Waals surface area contributed by atoms with Crippen molar-refractivity contribution in [2.24, 2.45) is 5.73 Å². The molecule has 23 heavy (non-hydrogen) atoms. The zero-order valence-electron chi connectivity index (χ0n) is 13.3. The molecule has 3 N–H and O–H groups in total. The molecule has 1 aliphatic rings. The first-order valence-electron chi connectivity index (χ1n) is 7.68. The molecule has 2 rings (SSSR count). The van der Waals surface area contributed by atoms with E-state index in [9.17, 15) is 9.59 Å². The number of benzene rings is 1. The summed E-state index contributed by atoms with van der Waals surface area (Å²) in [6, 6.07) is 7.01. The summed E-state index contributed by atoms with van der Waals surface area (Å²) in [7, 11) is 0. The molecular weight excluding hydrogens is 298 g/mol. The fourth-order valence-corrected chi connectivity index (χ4v) is 2.41. The van der Waals surface area contributed by atoms with Crippen molar-refractivity contribution >= 4 is 11.8 Å². The monoisotopic (exact) mass is 321 g/mol. The molecule has 1 saturated heterocycles. The highest BCUT2D eigenvalue weighted by Crippen LogP contribution is 2.17. The lowest BCUT2D eigenvalue weighted by Gasteiger charge is -2.32. The Morgan fingerprint density at radius 1 is 1.35 bits per heavy atom. The summed E-state index contributed by atoms with van der Waals surface area (Å²) >= 11 is 0. The molecule has 0 spiro atoms. The second kappa shape index (κ2) is 8.50. The van der Waals surface area contributed by atoms with Crippen LogP contribution in [0.2, 0.25) is 0 Å².